The predicted molar refractivity (Wildman–Crippen MR) is 101 cm³/mol. The van der Waals surface area contributed by atoms with Gasteiger partial charge in [0.05, 0.1) is 17.4 Å². The zero-order chi connectivity index (χ0) is 19.2. The summed E-state index contributed by atoms with van der Waals surface area (Å²) in [5, 5.41) is 20.5. The van der Waals surface area contributed by atoms with Gasteiger partial charge in [0.25, 0.3) is 5.69 Å². The first-order valence-electron chi connectivity index (χ1n) is 9.66. The molecule has 0 aromatic heterocycles. The first kappa shape index (κ1) is 22.1. The molecule has 1 aromatic rings. The first-order valence-corrected chi connectivity index (χ1v) is 9.66. The Hall–Kier alpha value is -1.95. The van der Waals surface area contributed by atoms with Crippen LogP contribution in [0.4, 0.5) is 5.69 Å². The maximum Gasteiger partial charge on any atom is 0.313 e. The van der Waals surface area contributed by atoms with Gasteiger partial charge in [-0.15, -0.1) is 0 Å². The van der Waals surface area contributed by atoms with Crippen molar-refractivity contribution in [3.8, 4) is 5.75 Å². The van der Waals surface area contributed by atoms with E-state index in [9.17, 15) is 20.0 Å². The molecule has 146 valence electrons. The highest BCUT2D eigenvalue weighted by Crippen LogP contribution is 2.18. The van der Waals surface area contributed by atoms with Crippen molar-refractivity contribution in [1.82, 2.24) is 0 Å². The van der Waals surface area contributed by atoms with E-state index >= 15 is 0 Å². The molecule has 0 unspecified atom stereocenters. The number of esters is 1. The minimum Gasteiger partial charge on any atom is -0.426 e. The number of rotatable bonds is 14. The third-order valence-corrected chi connectivity index (χ3v) is 4.32. The maximum atomic E-state index is 11.8. The Bertz CT molecular complexity index is 530. The minimum atomic E-state index is -0.704. The number of unbranched alkanes of at least 4 members (excludes halogenated alkanes) is 8. The zero-order valence-electron chi connectivity index (χ0n) is 15.7. The molecule has 6 heteroatoms. The smallest absolute Gasteiger partial charge is 0.313 e. The number of nitro groups is 1. The monoisotopic (exact) mass is 365 g/mol. The van der Waals surface area contributed by atoms with E-state index in [1.807, 2.05) is 0 Å². The maximum absolute atomic E-state index is 11.8. The lowest BCUT2D eigenvalue weighted by Crippen LogP contribution is -2.17. The van der Waals surface area contributed by atoms with Crippen LogP contribution in [0.3, 0.4) is 0 Å². The van der Waals surface area contributed by atoms with E-state index in [-0.39, 0.29) is 17.9 Å². The number of carbonyl (C=O) groups is 1. The third-order valence-electron chi connectivity index (χ3n) is 4.32. The largest absolute Gasteiger partial charge is 0.426 e. The number of non-ortho nitro benzene ring substituents is 1. The second-order valence-corrected chi connectivity index (χ2v) is 6.70. The van der Waals surface area contributed by atoms with Crippen LogP contribution in [0, 0.1) is 10.1 Å². The van der Waals surface area contributed by atoms with Crippen LogP contribution in [0.25, 0.3) is 0 Å². The molecule has 0 bridgehead atoms. The van der Waals surface area contributed by atoms with Crippen LogP contribution in [0.15, 0.2) is 24.3 Å². The van der Waals surface area contributed by atoms with Crippen molar-refractivity contribution in [2.75, 3.05) is 0 Å². The van der Waals surface area contributed by atoms with Gasteiger partial charge in [-0.3, -0.25) is 14.9 Å². The van der Waals surface area contributed by atoms with Crippen LogP contribution in [0.5, 0.6) is 5.75 Å². The van der Waals surface area contributed by atoms with Crippen LogP contribution in [-0.2, 0) is 4.79 Å². The van der Waals surface area contributed by atoms with Gasteiger partial charge in [0, 0.05) is 12.1 Å². The van der Waals surface area contributed by atoms with Crippen molar-refractivity contribution in [2.24, 2.45) is 0 Å². The Labute approximate surface area is 155 Å². The van der Waals surface area contributed by atoms with E-state index < -0.39 is 17.0 Å². The summed E-state index contributed by atoms with van der Waals surface area (Å²) < 4.78 is 5.09. The molecule has 1 rings (SSSR count). The molecule has 0 saturated carbocycles. The predicted octanol–water partition coefficient (Wildman–Crippen LogP) is 5.17. The Balaban J connectivity index is 2.10. The van der Waals surface area contributed by atoms with E-state index in [4.69, 9.17) is 4.74 Å². The van der Waals surface area contributed by atoms with Crippen molar-refractivity contribution in [3.63, 3.8) is 0 Å². The SMILES string of the molecule is CCCCCCCCCCC[C@@H](O)CC(=O)Oc1ccc([N+](=O)[O-])cc1. The average Bonchev–Trinajstić information content (AvgIpc) is 2.60. The fourth-order valence-corrected chi connectivity index (χ4v) is 2.79. The molecule has 0 spiro atoms. The van der Waals surface area contributed by atoms with Gasteiger partial charge in [-0.05, 0) is 18.6 Å². The Morgan fingerprint density at radius 1 is 1.04 bits per heavy atom. The summed E-state index contributed by atoms with van der Waals surface area (Å²) in [5.74, 6) is -0.279. The molecule has 0 saturated heterocycles. The fourth-order valence-electron chi connectivity index (χ4n) is 2.79. The molecule has 1 N–H and O–H groups in total. The summed E-state index contributed by atoms with van der Waals surface area (Å²) in [7, 11) is 0. The highest BCUT2D eigenvalue weighted by molar-refractivity contribution is 5.72. The normalized spacial score (nSPS) is 11.9. The molecular weight excluding hydrogens is 334 g/mol. The molecule has 0 radical (unpaired) electrons. The van der Waals surface area contributed by atoms with E-state index in [0.717, 1.165) is 12.8 Å². The molecule has 0 heterocycles. The molecule has 0 fully saturated rings. The van der Waals surface area contributed by atoms with Crippen molar-refractivity contribution >= 4 is 11.7 Å². The van der Waals surface area contributed by atoms with Crippen LogP contribution < -0.4 is 4.74 Å². The van der Waals surface area contributed by atoms with Gasteiger partial charge in [-0.2, -0.15) is 0 Å². The van der Waals surface area contributed by atoms with Gasteiger partial charge in [-0.25, -0.2) is 0 Å². The molecule has 0 aliphatic carbocycles. The average molecular weight is 365 g/mol. The summed E-state index contributed by atoms with van der Waals surface area (Å²) >= 11 is 0. The summed E-state index contributed by atoms with van der Waals surface area (Å²) in [6.07, 6.45) is 10.7. The molecule has 1 atom stereocenters. The number of ether oxygens (including phenoxy) is 1. The summed E-state index contributed by atoms with van der Waals surface area (Å²) in [6.45, 7) is 2.22. The molecular formula is C20H31NO5. The summed E-state index contributed by atoms with van der Waals surface area (Å²) in [6, 6.07) is 5.31. The van der Waals surface area contributed by atoms with E-state index in [1.54, 1.807) is 0 Å². The fraction of sp³-hybridized carbons (Fsp3) is 0.650. The summed E-state index contributed by atoms with van der Waals surface area (Å²) in [4.78, 5) is 21.8. The number of nitrogens with zero attached hydrogens (tertiary/aromatic N) is 1. The second kappa shape index (κ2) is 13.3. The number of carbonyl (C=O) groups excluding carboxylic acids is 1. The number of aliphatic hydroxyl groups is 1. The van der Waals surface area contributed by atoms with Gasteiger partial charge in [-0.1, -0.05) is 64.7 Å². The van der Waals surface area contributed by atoms with Crippen LogP contribution in [0.1, 0.15) is 77.6 Å². The molecule has 0 aliphatic heterocycles. The Morgan fingerprint density at radius 3 is 2.12 bits per heavy atom. The number of hydrogen-bond acceptors (Lipinski definition) is 5. The lowest BCUT2D eigenvalue weighted by molar-refractivity contribution is -0.384. The molecule has 1 aromatic carbocycles. The van der Waals surface area contributed by atoms with Crippen molar-refractivity contribution in [1.29, 1.82) is 0 Å². The molecule has 0 aliphatic rings. The highest BCUT2D eigenvalue weighted by atomic mass is 16.6. The standard InChI is InChI=1S/C20H31NO5/c1-2-3-4-5-6-7-8-9-10-11-18(22)16-20(23)26-19-14-12-17(13-15-19)21(24)25/h12-15,18,22H,2-11,16H2,1H3/t18-/m1/s1. The lowest BCUT2D eigenvalue weighted by atomic mass is 10.0. The third kappa shape index (κ3) is 10.1. The molecule has 6 nitrogen and oxygen atoms in total. The second-order valence-electron chi connectivity index (χ2n) is 6.70. The number of benzene rings is 1. The first-order chi connectivity index (χ1) is 12.5. The van der Waals surface area contributed by atoms with Gasteiger partial charge < -0.3 is 9.84 Å². The van der Waals surface area contributed by atoms with Gasteiger partial charge in [0.1, 0.15) is 5.75 Å². The number of hydrogen-bond donors (Lipinski definition) is 1. The minimum absolute atomic E-state index is 0.0600. The van der Waals surface area contributed by atoms with E-state index in [1.165, 1.54) is 69.2 Å². The lowest BCUT2D eigenvalue weighted by Gasteiger charge is -2.10. The topological polar surface area (TPSA) is 89.7 Å². The number of aliphatic hydroxyl groups excluding tert-OH is 1. The molecule has 0 amide bonds. The quantitative estimate of drug-likeness (QED) is 0.161. The van der Waals surface area contributed by atoms with Crippen molar-refractivity contribution < 1.29 is 19.6 Å². The van der Waals surface area contributed by atoms with Crippen molar-refractivity contribution in [3.05, 3.63) is 34.4 Å². The highest BCUT2D eigenvalue weighted by Gasteiger charge is 2.13. The van der Waals surface area contributed by atoms with Gasteiger partial charge in [0.2, 0.25) is 0 Å². The van der Waals surface area contributed by atoms with E-state index in [2.05, 4.69) is 6.92 Å². The molecule has 26 heavy (non-hydrogen) atoms. The van der Waals surface area contributed by atoms with Gasteiger partial charge in [0.15, 0.2) is 0 Å². The van der Waals surface area contributed by atoms with E-state index in [0.29, 0.717) is 6.42 Å². The van der Waals surface area contributed by atoms with Crippen LogP contribution in [0.2, 0.25) is 0 Å². The van der Waals surface area contributed by atoms with Gasteiger partial charge >= 0.3 is 5.97 Å². The Morgan fingerprint density at radius 2 is 1.58 bits per heavy atom. The Kier molecular flexibility index (Phi) is 11.3. The zero-order valence-corrected chi connectivity index (χ0v) is 15.7. The van der Waals surface area contributed by atoms with Crippen LogP contribution in [-0.4, -0.2) is 22.1 Å². The van der Waals surface area contributed by atoms with Crippen LogP contribution >= 0.6 is 0 Å². The number of nitro benzene ring substituents is 1. The summed E-state index contributed by atoms with van der Waals surface area (Å²) in [5.41, 5.74) is -0.0600. The van der Waals surface area contributed by atoms with Crippen molar-refractivity contribution in [2.45, 2.75) is 83.7 Å².